The molecule has 0 aliphatic heterocycles. The predicted octanol–water partition coefficient (Wildman–Crippen LogP) is 3.83. The van der Waals surface area contributed by atoms with E-state index in [2.05, 4.69) is 24.1 Å². The van der Waals surface area contributed by atoms with Gasteiger partial charge in [-0.1, -0.05) is 19.3 Å². The van der Waals surface area contributed by atoms with Crippen molar-refractivity contribution in [3.8, 4) is 0 Å². The summed E-state index contributed by atoms with van der Waals surface area (Å²) in [6.07, 6.45) is 6.94. The van der Waals surface area contributed by atoms with Gasteiger partial charge in [0.15, 0.2) is 0 Å². The number of nitrogens with zero attached hydrogens (tertiary/aromatic N) is 2. The SMILES string of the molecule is CN(CC1CCCCC1)c1ccc2cc(N)ccc2n1. The molecule has 1 aromatic carbocycles. The molecule has 0 amide bonds. The number of nitrogens with two attached hydrogens (primary N) is 1. The molecule has 1 fully saturated rings. The van der Waals surface area contributed by atoms with E-state index in [0.29, 0.717) is 0 Å². The normalized spacial score (nSPS) is 16.4. The molecule has 0 saturated heterocycles. The number of anilines is 2. The van der Waals surface area contributed by atoms with Crippen molar-refractivity contribution in [2.24, 2.45) is 5.92 Å². The largest absolute Gasteiger partial charge is 0.399 e. The number of pyridine rings is 1. The van der Waals surface area contributed by atoms with Crippen LogP contribution in [0.2, 0.25) is 0 Å². The second-order valence-electron chi connectivity index (χ2n) is 6.01. The van der Waals surface area contributed by atoms with Crippen LogP contribution < -0.4 is 10.6 Å². The third kappa shape index (κ3) is 2.87. The van der Waals surface area contributed by atoms with Crippen LogP contribution in [-0.4, -0.2) is 18.6 Å². The Morgan fingerprint density at radius 2 is 1.95 bits per heavy atom. The topological polar surface area (TPSA) is 42.1 Å². The Bertz CT molecular complexity index is 588. The Kier molecular flexibility index (Phi) is 3.77. The summed E-state index contributed by atoms with van der Waals surface area (Å²) >= 11 is 0. The zero-order valence-electron chi connectivity index (χ0n) is 12.2. The fourth-order valence-corrected chi connectivity index (χ4v) is 3.20. The molecule has 0 bridgehead atoms. The summed E-state index contributed by atoms with van der Waals surface area (Å²) in [5.74, 6) is 1.89. The Hall–Kier alpha value is -1.77. The minimum absolute atomic E-state index is 0.794. The number of fused-ring (bicyclic) bond motifs is 1. The highest BCUT2D eigenvalue weighted by Gasteiger charge is 2.16. The molecule has 20 heavy (non-hydrogen) atoms. The van der Waals surface area contributed by atoms with Crippen LogP contribution in [0.4, 0.5) is 11.5 Å². The molecule has 3 nitrogen and oxygen atoms in total. The first-order valence-electron chi connectivity index (χ1n) is 7.60. The number of benzene rings is 1. The molecule has 0 atom stereocenters. The van der Waals surface area contributed by atoms with Crippen LogP contribution in [0.1, 0.15) is 32.1 Å². The number of hydrogen-bond donors (Lipinski definition) is 1. The lowest BCUT2D eigenvalue weighted by atomic mass is 9.89. The third-order valence-electron chi connectivity index (χ3n) is 4.35. The molecule has 1 aromatic heterocycles. The van der Waals surface area contributed by atoms with Gasteiger partial charge in [0.2, 0.25) is 0 Å². The molecule has 1 saturated carbocycles. The lowest BCUT2D eigenvalue weighted by Gasteiger charge is -2.27. The first kappa shape index (κ1) is 13.2. The average molecular weight is 269 g/mol. The summed E-state index contributed by atoms with van der Waals surface area (Å²) in [4.78, 5) is 7.05. The third-order valence-corrected chi connectivity index (χ3v) is 4.35. The summed E-state index contributed by atoms with van der Waals surface area (Å²) in [7, 11) is 2.15. The van der Waals surface area contributed by atoms with Gasteiger partial charge in [0.1, 0.15) is 5.82 Å². The molecule has 0 radical (unpaired) electrons. The van der Waals surface area contributed by atoms with Crippen LogP contribution >= 0.6 is 0 Å². The van der Waals surface area contributed by atoms with E-state index in [1.54, 1.807) is 0 Å². The lowest BCUT2D eigenvalue weighted by Crippen LogP contribution is -2.27. The number of aromatic nitrogens is 1. The van der Waals surface area contributed by atoms with Crippen molar-refractivity contribution in [1.29, 1.82) is 0 Å². The molecule has 2 aromatic rings. The highest BCUT2D eigenvalue weighted by Crippen LogP contribution is 2.26. The van der Waals surface area contributed by atoms with E-state index in [9.17, 15) is 0 Å². The quantitative estimate of drug-likeness (QED) is 0.861. The minimum Gasteiger partial charge on any atom is -0.399 e. The van der Waals surface area contributed by atoms with Crippen LogP contribution in [0.15, 0.2) is 30.3 Å². The highest BCUT2D eigenvalue weighted by molar-refractivity contribution is 5.83. The lowest BCUT2D eigenvalue weighted by molar-refractivity contribution is 0.361. The van der Waals surface area contributed by atoms with Crippen LogP contribution in [0.3, 0.4) is 0 Å². The first-order chi connectivity index (χ1) is 9.72. The first-order valence-corrected chi connectivity index (χ1v) is 7.60. The zero-order valence-corrected chi connectivity index (χ0v) is 12.2. The van der Waals surface area contributed by atoms with Crippen LogP contribution in [0, 0.1) is 5.92 Å². The van der Waals surface area contributed by atoms with E-state index in [1.165, 1.54) is 32.1 Å². The highest BCUT2D eigenvalue weighted by atomic mass is 15.2. The van der Waals surface area contributed by atoms with Gasteiger partial charge in [-0.3, -0.25) is 0 Å². The molecule has 1 heterocycles. The van der Waals surface area contributed by atoms with Crippen molar-refractivity contribution in [3.05, 3.63) is 30.3 Å². The standard InChI is InChI=1S/C17H23N3/c1-20(12-13-5-3-2-4-6-13)17-10-7-14-11-15(18)8-9-16(14)19-17/h7-11,13H,2-6,12,18H2,1H3. The van der Waals surface area contributed by atoms with Gasteiger partial charge in [-0.25, -0.2) is 4.98 Å². The van der Waals surface area contributed by atoms with E-state index in [-0.39, 0.29) is 0 Å². The average Bonchev–Trinajstić information content (AvgIpc) is 2.47. The van der Waals surface area contributed by atoms with Gasteiger partial charge in [-0.05, 0) is 49.1 Å². The number of hydrogen-bond acceptors (Lipinski definition) is 3. The monoisotopic (exact) mass is 269 g/mol. The predicted molar refractivity (Wildman–Crippen MR) is 86.0 cm³/mol. The fraction of sp³-hybridized carbons (Fsp3) is 0.471. The fourth-order valence-electron chi connectivity index (χ4n) is 3.20. The molecule has 3 rings (SSSR count). The summed E-state index contributed by atoms with van der Waals surface area (Å²) in [6.45, 7) is 1.12. The smallest absolute Gasteiger partial charge is 0.128 e. The van der Waals surface area contributed by atoms with Crippen molar-refractivity contribution in [3.63, 3.8) is 0 Å². The summed E-state index contributed by atoms with van der Waals surface area (Å²) in [6, 6.07) is 10.1. The Labute approximate surface area is 120 Å². The molecular weight excluding hydrogens is 246 g/mol. The Balaban J connectivity index is 1.76. The summed E-state index contributed by atoms with van der Waals surface area (Å²) < 4.78 is 0. The summed E-state index contributed by atoms with van der Waals surface area (Å²) in [5, 5.41) is 1.11. The van der Waals surface area contributed by atoms with Crippen molar-refractivity contribution < 1.29 is 0 Å². The molecule has 0 unspecified atom stereocenters. The van der Waals surface area contributed by atoms with E-state index in [0.717, 1.165) is 34.9 Å². The second-order valence-corrected chi connectivity index (χ2v) is 6.01. The maximum absolute atomic E-state index is 5.81. The maximum Gasteiger partial charge on any atom is 0.128 e. The molecular formula is C17H23N3. The molecule has 1 aliphatic rings. The van der Waals surface area contributed by atoms with Crippen LogP contribution in [0.5, 0.6) is 0 Å². The van der Waals surface area contributed by atoms with Gasteiger partial charge in [-0.15, -0.1) is 0 Å². The summed E-state index contributed by atoms with van der Waals surface area (Å²) in [5.41, 5.74) is 7.62. The van der Waals surface area contributed by atoms with E-state index in [1.807, 2.05) is 18.2 Å². The Morgan fingerprint density at radius 1 is 1.15 bits per heavy atom. The van der Waals surface area contributed by atoms with Gasteiger partial charge in [0, 0.05) is 24.7 Å². The van der Waals surface area contributed by atoms with Gasteiger partial charge in [0.25, 0.3) is 0 Å². The van der Waals surface area contributed by atoms with Crippen molar-refractivity contribution >= 4 is 22.4 Å². The molecule has 106 valence electrons. The second kappa shape index (κ2) is 5.70. The van der Waals surface area contributed by atoms with Gasteiger partial charge in [-0.2, -0.15) is 0 Å². The van der Waals surface area contributed by atoms with Crippen molar-refractivity contribution in [1.82, 2.24) is 4.98 Å². The zero-order chi connectivity index (χ0) is 13.9. The van der Waals surface area contributed by atoms with Gasteiger partial charge < -0.3 is 10.6 Å². The van der Waals surface area contributed by atoms with Crippen molar-refractivity contribution in [2.75, 3.05) is 24.2 Å². The molecule has 0 spiro atoms. The van der Waals surface area contributed by atoms with Crippen molar-refractivity contribution in [2.45, 2.75) is 32.1 Å². The maximum atomic E-state index is 5.81. The Morgan fingerprint density at radius 3 is 2.75 bits per heavy atom. The van der Waals surface area contributed by atoms with E-state index < -0.39 is 0 Å². The molecule has 3 heteroatoms. The number of rotatable bonds is 3. The molecule has 2 N–H and O–H groups in total. The minimum atomic E-state index is 0.794. The van der Waals surface area contributed by atoms with Crippen LogP contribution in [0.25, 0.3) is 10.9 Å². The van der Waals surface area contributed by atoms with E-state index in [4.69, 9.17) is 10.7 Å². The van der Waals surface area contributed by atoms with Gasteiger partial charge in [0.05, 0.1) is 5.52 Å². The molecule has 1 aliphatic carbocycles. The van der Waals surface area contributed by atoms with Gasteiger partial charge >= 0.3 is 0 Å². The number of nitrogen functional groups attached to an aromatic ring is 1. The van der Waals surface area contributed by atoms with Crippen LogP contribution in [-0.2, 0) is 0 Å². The van der Waals surface area contributed by atoms with E-state index >= 15 is 0 Å².